The van der Waals surface area contributed by atoms with E-state index in [1.807, 2.05) is 0 Å². The van der Waals surface area contributed by atoms with Crippen molar-refractivity contribution >= 4 is 24.2 Å². The van der Waals surface area contributed by atoms with Gasteiger partial charge in [-0.15, -0.1) is 0 Å². The highest BCUT2D eigenvalue weighted by Crippen LogP contribution is 1.97. The molecule has 12 heavy (non-hydrogen) atoms. The van der Waals surface area contributed by atoms with Gasteiger partial charge >= 0.3 is 0 Å². The summed E-state index contributed by atoms with van der Waals surface area (Å²) in [5.41, 5.74) is 19.8. The summed E-state index contributed by atoms with van der Waals surface area (Å²) in [5.74, 6) is 0.125. The van der Waals surface area contributed by atoms with Crippen molar-refractivity contribution in [1.82, 2.24) is 15.0 Å². The van der Waals surface area contributed by atoms with E-state index in [0.29, 0.717) is 0 Å². The first-order valence-corrected chi connectivity index (χ1v) is 2.83. The van der Waals surface area contributed by atoms with Gasteiger partial charge in [0.05, 0.1) is 6.34 Å². The largest absolute Gasteiger partial charge is 0.390 e. The Bertz CT molecular complexity index is 207. The number of aromatic nitrogens is 3. The number of rotatable bonds is 0. The van der Waals surface area contributed by atoms with Crippen molar-refractivity contribution < 1.29 is 0 Å². The molecule has 8 heteroatoms. The van der Waals surface area contributed by atoms with E-state index < -0.39 is 0 Å². The standard InChI is InChI=1S/C3H6N6.CH4N2/c4-1-7-2(5)9-3(6)8-1;2-1-3/h(H6,4,5,6,7,8,9);1H,(H3,2,3). The van der Waals surface area contributed by atoms with Gasteiger partial charge in [0.15, 0.2) is 0 Å². The lowest BCUT2D eigenvalue weighted by atomic mass is 10.9. The van der Waals surface area contributed by atoms with Crippen LogP contribution in [-0.2, 0) is 0 Å². The van der Waals surface area contributed by atoms with Gasteiger partial charge in [0, 0.05) is 0 Å². The van der Waals surface area contributed by atoms with Crippen molar-refractivity contribution in [2.24, 2.45) is 5.73 Å². The first-order chi connectivity index (χ1) is 5.60. The topological polar surface area (TPSA) is 167 Å². The second-order valence-electron chi connectivity index (χ2n) is 1.58. The molecule has 0 atom stereocenters. The summed E-state index contributed by atoms with van der Waals surface area (Å²) in [6.45, 7) is 0. The average Bonchev–Trinajstić information content (AvgIpc) is 1.84. The van der Waals surface area contributed by atoms with Crippen molar-refractivity contribution in [3.05, 3.63) is 0 Å². The highest BCUT2D eigenvalue weighted by Gasteiger charge is 1.93. The Morgan fingerprint density at radius 2 is 1.08 bits per heavy atom. The molecule has 0 aliphatic rings. The molecule has 1 aromatic rings. The molecule has 0 saturated carbocycles. The van der Waals surface area contributed by atoms with E-state index in [9.17, 15) is 0 Å². The van der Waals surface area contributed by atoms with Gasteiger partial charge in [-0.1, -0.05) is 0 Å². The molecule has 0 unspecified atom stereocenters. The minimum atomic E-state index is 0.0417. The van der Waals surface area contributed by atoms with Crippen LogP contribution in [0.25, 0.3) is 0 Å². The molecule has 1 rings (SSSR count). The summed E-state index contributed by atoms with van der Waals surface area (Å²) in [5, 5.41) is 5.86. The molecule has 0 amide bonds. The number of nitrogens with zero attached hydrogens (tertiary/aromatic N) is 3. The highest BCUT2D eigenvalue weighted by atomic mass is 15.2. The minimum absolute atomic E-state index is 0.0417. The van der Waals surface area contributed by atoms with Gasteiger partial charge in [0.2, 0.25) is 17.8 Å². The highest BCUT2D eigenvalue weighted by molar-refractivity contribution is 5.46. The monoisotopic (exact) mass is 170 g/mol. The second-order valence-corrected chi connectivity index (χ2v) is 1.58. The third-order valence-electron chi connectivity index (χ3n) is 0.687. The van der Waals surface area contributed by atoms with Crippen LogP contribution in [0.1, 0.15) is 0 Å². The lowest BCUT2D eigenvalue weighted by Gasteiger charge is -1.93. The van der Waals surface area contributed by atoms with Crippen molar-refractivity contribution in [2.75, 3.05) is 17.2 Å². The molecule has 1 aromatic heterocycles. The fourth-order valence-electron chi connectivity index (χ4n) is 0.427. The zero-order valence-electron chi connectivity index (χ0n) is 6.23. The summed E-state index contributed by atoms with van der Waals surface area (Å²) in [4.78, 5) is 10.5. The summed E-state index contributed by atoms with van der Waals surface area (Å²) in [7, 11) is 0. The predicted octanol–water partition coefficient (Wildman–Crippen LogP) is -1.83. The Morgan fingerprint density at radius 3 is 1.25 bits per heavy atom. The molecular weight excluding hydrogens is 160 g/mol. The number of anilines is 3. The smallest absolute Gasteiger partial charge is 0.226 e. The Kier molecular flexibility index (Phi) is 3.84. The molecule has 0 saturated heterocycles. The third-order valence-corrected chi connectivity index (χ3v) is 0.687. The first-order valence-electron chi connectivity index (χ1n) is 2.83. The lowest BCUT2D eigenvalue weighted by molar-refractivity contribution is 1.09. The van der Waals surface area contributed by atoms with E-state index >= 15 is 0 Å². The quantitative estimate of drug-likeness (QED) is 0.225. The Labute approximate surface area is 68.5 Å². The van der Waals surface area contributed by atoms with Gasteiger partial charge < -0.3 is 22.9 Å². The van der Waals surface area contributed by atoms with Crippen LogP contribution in [0.4, 0.5) is 17.8 Å². The normalized spacial score (nSPS) is 8.00. The molecule has 0 aliphatic carbocycles. The lowest BCUT2D eigenvalue weighted by Crippen LogP contribution is -2.05. The van der Waals surface area contributed by atoms with Gasteiger partial charge in [-0.3, -0.25) is 5.41 Å². The SMILES string of the molecule is N=CN.Nc1nc(N)nc(N)n1. The van der Waals surface area contributed by atoms with Crippen LogP contribution >= 0.6 is 0 Å². The average molecular weight is 170 g/mol. The van der Waals surface area contributed by atoms with Crippen LogP contribution in [0.5, 0.6) is 0 Å². The summed E-state index contributed by atoms with van der Waals surface area (Å²) in [6.07, 6.45) is 0.750. The van der Waals surface area contributed by atoms with E-state index in [1.54, 1.807) is 0 Å². The van der Waals surface area contributed by atoms with E-state index in [0.717, 1.165) is 6.34 Å². The number of nitrogen functional groups attached to an aromatic ring is 3. The van der Waals surface area contributed by atoms with Crippen LogP contribution in [0, 0.1) is 5.41 Å². The molecular formula is C4H10N8. The Hall–Kier alpha value is -2.12. The van der Waals surface area contributed by atoms with E-state index in [2.05, 4.69) is 20.7 Å². The summed E-state index contributed by atoms with van der Waals surface area (Å²) in [6, 6.07) is 0. The maximum Gasteiger partial charge on any atom is 0.226 e. The molecule has 0 aliphatic heterocycles. The minimum Gasteiger partial charge on any atom is -0.390 e. The van der Waals surface area contributed by atoms with Gasteiger partial charge in [0.25, 0.3) is 0 Å². The van der Waals surface area contributed by atoms with Crippen molar-refractivity contribution in [2.45, 2.75) is 0 Å². The number of hydrogen-bond donors (Lipinski definition) is 5. The predicted molar refractivity (Wildman–Crippen MR) is 46.0 cm³/mol. The summed E-state index contributed by atoms with van der Waals surface area (Å²) < 4.78 is 0. The molecule has 0 spiro atoms. The van der Waals surface area contributed by atoms with E-state index in [4.69, 9.17) is 22.6 Å². The molecule has 0 fully saturated rings. The molecule has 0 bridgehead atoms. The maximum atomic E-state index is 5.86. The molecule has 8 nitrogen and oxygen atoms in total. The second kappa shape index (κ2) is 4.66. The number of nitrogens with two attached hydrogens (primary N) is 4. The summed E-state index contributed by atoms with van der Waals surface area (Å²) >= 11 is 0. The fraction of sp³-hybridized carbons (Fsp3) is 0. The van der Waals surface area contributed by atoms with Gasteiger partial charge in [-0.05, 0) is 0 Å². The zero-order chi connectivity index (χ0) is 9.56. The molecule has 9 N–H and O–H groups in total. The van der Waals surface area contributed by atoms with Crippen LogP contribution in [0.3, 0.4) is 0 Å². The molecule has 1 heterocycles. The van der Waals surface area contributed by atoms with Crippen LogP contribution < -0.4 is 22.9 Å². The third kappa shape index (κ3) is 3.82. The Balaban J connectivity index is 0.000000354. The first kappa shape index (κ1) is 9.88. The number of hydrogen-bond acceptors (Lipinski definition) is 7. The zero-order valence-corrected chi connectivity index (χ0v) is 6.23. The van der Waals surface area contributed by atoms with Gasteiger partial charge in [0.1, 0.15) is 0 Å². The molecule has 0 radical (unpaired) electrons. The number of nitrogens with one attached hydrogen (secondary N) is 1. The van der Waals surface area contributed by atoms with Crippen LogP contribution in [0.15, 0.2) is 0 Å². The van der Waals surface area contributed by atoms with Crippen molar-refractivity contribution in [1.29, 1.82) is 5.41 Å². The van der Waals surface area contributed by atoms with Gasteiger partial charge in [-0.2, -0.15) is 15.0 Å². The van der Waals surface area contributed by atoms with Gasteiger partial charge in [-0.25, -0.2) is 0 Å². The van der Waals surface area contributed by atoms with Crippen LogP contribution in [-0.4, -0.2) is 21.3 Å². The van der Waals surface area contributed by atoms with E-state index in [1.165, 1.54) is 0 Å². The maximum absolute atomic E-state index is 5.86. The van der Waals surface area contributed by atoms with Crippen molar-refractivity contribution in [3.63, 3.8) is 0 Å². The fourth-order valence-corrected chi connectivity index (χ4v) is 0.427. The van der Waals surface area contributed by atoms with Crippen LogP contribution in [0.2, 0.25) is 0 Å². The molecule has 66 valence electrons. The molecule has 0 aromatic carbocycles. The van der Waals surface area contributed by atoms with Crippen molar-refractivity contribution in [3.8, 4) is 0 Å². The Morgan fingerprint density at radius 1 is 0.917 bits per heavy atom. The van der Waals surface area contributed by atoms with E-state index in [-0.39, 0.29) is 17.8 Å².